The number of rotatable bonds is 3. The highest BCUT2D eigenvalue weighted by molar-refractivity contribution is 4.71. The third-order valence-corrected chi connectivity index (χ3v) is 3.89. The molecule has 13 heavy (non-hydrogen) atoms. The fourth-order valence-corrected chi connectivity index (χ4v) is 2.49. The molecular weight excluding hydrogens is 160 g/mol. The highest BCUT2D eigenvalue weighted by Crippen LogP contribution is 2.24. The molecule has 2 nitrogen and oxygen atoms in total. The minimum absolute atomic E-state index is 0.709. The largest absolute Gasteiger partial charge is 0.308 e. The van der Waals surface area contributed by atoms with Gasteiger partial charge in [-0.15, -0.1) is 0 Å². The van der Waals surface area contributed by atoms with Gasteiger partial charge in [-0.2, -0.15) is 0 Å². The Hall–Kier alpha value is -0.0800. The Balaban J connectivity index is 2.69. The van der Waals surface area contributed by atoms with Gasteiger partial charge in [0.15, 0.2) is 0 Å². The summed E-state index contributed by atoms with van der Waals surface area (Å²) in [6.07, 6.45) is 0. The molecule has 1 unspecified atom stereocenters. The van der Waals surface area contributed by atoms with Crippen LogP contribution in [0.25, 0.3) is 0 Å². The van der Waals surface area contributed by atoms with Gasteiger partial charge < -0.3 is 4.48 Å². The average Bonchev–Trinajstić information content (AvgIpc) is 2.44. The third-order valence-electron chi connectivity index (χ3n) is 3.89. The fourth-order valence-electron chi connectivity index (χ4n) is 2.49. The van der Waals surface area contributed by atoms with E-state index in [9.17, 15) is 0 Å². The van der Waals surface area contributed by atoms with Gasteiger partial charge >= 0.3 is 0 Å². The van der Waals surface area contributed by atoms with E-state index in [1.807, 2.05) is 0 Å². The van der Waals surface area contributed by atoms with Crippen molar-refractivity contribution in [3.63, 3.8) is 0 Å². The second-order valence-electron chi connectivity index (χ2n) is 4.71. The third kappa shape index (κ3) is 1.89. The Bertz CT molecular complexity index is 161. The van der Waals surface area contributed by atoms with Crippen molar-refractivity contribution in [1.82, 2.24) is 4.90 Å². The van der Waals surface area contributed by atoms with Gasteiger partial charge in [-0.3, -0.25) is 0 Å². The van der Waals surface area contributed by atoms with Gasteiger partial charge in [-0.1, -0.05) is 0 Å². The molecule has 1 fully saturated rings. The van der Waals surface area contributed by atoms with Crippen LogP contribution in [0.5, 0.6) is 0 Å². The molecule has 78 valence electrons. The summed E-state index contributed by atoms with van der Waals surface area (Å²) in [6.45, 7) is 16.7. The summed E-state index contributed by atoms with van der Waals surface area (Å²) in [5.74, 6) is 0. The maximum Gasteiger partial charge on any atom is 0.135 e. The first-order valence-corrected chi connectivity index (χ1v) is 5.65. The minimum Gasteiger partial charge on any atom is -0.308 e. The quantitative estimate of drug-likeness (QED) is 0.607. The highest BCUT2D eigenvalue weighted by Gasteiger charge is 2.41. The van der Waals surface area contributed by atoms with Crippen molar-refractivity contribution in [2.24, 2.45) is 0 Å². The molecule has 0 amide bonds. The van der Waals surface area contributed by atoms with Gasteiger partial charge in [0, 0.05) is 6.04 Å². The van der Waals surface area contributed by atoms with E-state index in [1.165, 1.54) is 30.8 Å². The van der Waals surface area contributed by atoms with Crippen LogP contribution < -0.4 is 0 Å². The van der Waals surface area contributed by atoms with E-state index in [-0.39, 0.29) is 0 Å². The molecule has 1 heterocycles. The van der Waals surface area contributed by atoms with Crippen LogP contribution >= 0.6 is 0 Å². The maximum absolute atomic E-state index is 2.61. The van der Waals surface area contributed by atoms with Crippen LogP contribution in [0.4, 0.5) is 0 Å². The first-order valence-electron chi connectivity index (χ1n) is 5.65. The molecule has 0 saturated carbocycles. The van der Waals surface area contributed by atoms with Crippen molar-refractivity contribution in [2.75, 3.05) is 26.3 Å². The smallest absolute Gasteiger partial charge is 0.135 e. The summed E-state index contributed by atoms with van der Waals surface area (Å²) in [6, 6.07) is 1.53. The molecule has 1 aliphatic heterocycles. The topological polar surface area (TPSA) is 3.24 Å². The Kier molecular flexibility index (Phi) is 3.36. The first kappa shape index (κ1) is 11.0. The molecule has 1 aliphatic rings. The van der Waals surface area contributed by atoms with Crippen LogP contribution in [0.15, 0.2) is 0 Å². The summed E-state index contributed by atoms with van der Waals surface area (Å²) >= 11 is 0. The van der Waals surface area contributed by atoms with Crippen molar-refractivity contribution in [3.05, 3.63) is 0 Å². The molecular formula is C11H25N2+. The molecule has 0 bridgehead atoms. The lowest BCUT2D eigenvalue weighted by molar-refractivity contribution is -0.937. The predicted octanol–water partition coefficient (Wildman–Crippen LogP) is 1.91. The molecule has 0 spiro atoms. The first-order chi connectivity index (χ1) is 6.05. The standard InChI is InChI=1S/C11H25N2/c1-6-13(7-2)9-12(10(3)4)8-11(13)5/h10-11H,6-9H2,1-5H3/q+1. The zero-order chi connectivity index (χ0) is 10.1. The molecule has 1 atom stereocenters. The molecule has 0 aromatic carbocycles. The van der Waals surface area contributed by atoms with Gasteiger partial charge in [0.2, 0.25) is 0 Å². The van der Waals surface area contributed by atoms with Crippen molar-refractivity contribution in [1.29, 1.82) is 0 Å². The number of quaternary nitrogens is 1. The molecule has 2 heteroatoms. The monoisotopic (exact) mass is 185 g/mol. The molecule has 0 N–H and O–H groups in total. The lowest BCUT2D eigenvalue weighted by Gasteiger charge is -2.36. The zero-order valence-electron chi connectivity index (χ0n) is 9.88. The van der Waals surface area contributed by atoms with E-state index in [4.69, 9.17) is 0 Å². The van der Waals surface area contributed by atoms with Crippen LogP contribution in [0.2, 0.25) is 0 Å². The van der Waals surface area contributed by atoms with E-state index >= 15 is 0 Å². The number of likely N-dealkylation sites (N-methyl/N-ethyl adjacent to an activating group) is 1. The van der Waals surface area contributed by atoms with Crippen LogP contribution in [0.1, 0.15) is 34.6 Å². The summed E-state index contributed by atoms with van der Waals surface area (Å²) in [7, 11) is 0. The lowest BCUT2D eigenvalue weighted by atomic mass is 10.2. The number of hydrogen-bond acceptors (Lipinski definition) is 1. The molecule has 0 radical (unpaired) electrons. The van der Waals surface area contributed by atoms with E-state index in [0.29, 0.717) is 6.04 Å². The summed E-state index contributed by atoms with van der Waals surface area (Å²) in [5.41, 5.74) is 0. The maximum atomic E-state index is 2.61. The van der Waals surface area contributed by atoms with Crippen LogP contribution in [-0.4, -0.2) is 47.8 Å². The molecule has 1 saturated heterocycles. The fraction of sp³-hybridized carbons (Fsp3) is 1.00. The second-order valence-corrected chi connectivity index (χ2v) is 4.71. The van der Waals surface area contributed by atoms with Crippen LogP contribution in [-0.2, 0) is 0 Å². The van der Waals surface area contributed by atoms with Gasteiger partial charge in [0.1, 0.15) is 12.7 Å². The molecule has 0 aliphatic carbocycles. The van der Waals surface area contributed by atoms with Crippen molar-refractivity contribution >= 4 is 0 Å². The second kappa shape index (κ2) is 3.97. The molecule has 0 aromatic heterocycles. The van der Waals surface area contributed by atoms with Crippen molar-refractivity contribution < 1.29 is 4.48 Å². The minimum atomic E-state index is 0.709. The summed E-state index contributed by atoms with van der Waals surface area (Å²) in [5, 5.41) is 0. The number of nitrogens with zero attached hydrogens (tertiary/aromatic N) is 2. The average molecular weight is 185 g/mol. The zero-order valence-corrected chi connectivity index (χ0v) is 9.88. The predicted molar refractivity (Wildman–Crippen MR) is 57.5 cm³/mol. The van der Waals surface area contributed by atoms with Crippen molar-refractivity contribution in [3.8, 4) is 0 Å². The van der Waals surface area contributed by atoms with E-state index < -0.39 is 0 Å². The van der Waals surface area contributed by atoms with E-state index in [0.717, 1.165) is 6.04 Å². The normalized spacial score (nSPS) is 28.6. The lowest BCUT2D eigenvalue weighted by Crippen LogP contribution is -2.51. The Morgan fingerprint density at radius 1 is 1.31 bits per heavy atom. The Morgan fingerprint density at radius 2 is 1.85 bits per heavy atom. The SMILES string of the molecule is CC[N+]1(CC)CN(C(C)C)CC1C. The van der Waals surface area contributed by atoms with Gasteiger partial charge in [0.05, 0.1) is 19.6 Å². The van der Waals surface area contributed by atoms with E-state index in [1.54, 1.807) is 0 Å². The molecule has 1 rings (SSSR count). The Morgan fingerprint density at radius 3 is 2.08 bits per heavy atom. The van der Waals surface area contributed by atoms with E-state index in [2.05, 4.69) is 39.5 Å². The van der Waals surface area contributed by atoms with Crippen LogP contribution in [0.3, 0.4) is 0 Å². The Labute approximate surface area is 83.1 Å². The van der Waals surface area contributed by atoms with Crippen molar-refractivity contribution in [2.45, 2.75) is 46.7 Å². The summed E-state index contributed by atoms with van der Waals surface area (Å²) < 4.78 is 1.29. The van der Waals surface area contributed by atoms with Gasteiger partial charge in [-0.05, 0) is 34.6 Å². The number of hydrogen-bond donors (Lipinski definition) is 0. The summed E-state index contributed by atoms with van der Waals surface area (Å²) in [4.78, 5) is 2.61. The van der Waals surface area contributed by atoms with Gasteiger partial charge in [-0.25, -0.2) is 4.90 Å². The van der Waals surface area contributed by atoms with Gasteiger partial charge in [0.25, 0.3) is 0 Å². The highest BCUT2D eigenvalue weighted by atomic mass is 15.5. The van der Waals surface area contributed by atoms with Crippen LogP contribution in [0, 0.1) is 0 Å². The molecule has 0 aromatic rings.